The number of aromatic nitrogens is 2. The third-order valence-corrected chi connectivity index (χ3v) is 1.52. The van der Waals surface area contributed by atoms with E-state index in [1.165, 1.54) is 0 Å². The van der Waals surface area contributed by atoms with E-state index in [9.17, 15) is 0 Å². The molecule has 0 unspecified atom stereocenters. The number of nitrogens with zero attached hydrogens (tertiary/aromatic N) is 3. The molecule has 0 spiro atoms. The molecule has 0 aliphatic carbocycles. The molecule has 66 valence electrons. The molecule has 0 N–H and O–H groups in total. The maximum Gasteiger partial charge on any atom is 0.125 e. The van der Waals surface area contributed by atoms with Gasteiger partial charge in [0.05, 0.1) is 5.69 Å². The van der Waals surface area contributed by atoms with Crippen LogP contribution in [0.5, 0.6) is 0 Å². The summed E-state index contributed by atoms with van der Waals surface area (Å²) in [5.41, 5.74) is 1.66. The van der Waals surface area contributed by atoms with Crippen LogP contribution in [0, 0.1) is 6.92 Å². The van der Waals surface area contributed by atoms with Crippen molar-refractivity contribution in [2.45, 2.75) is 6.92 Å². The fourth-order valence-electron chi connectivity index (χ4n) is 0.939. The molecule has 3 heteroatoms. The van der Waals surface area contributed by atoms with Crippen LogP contribution in [0.15, 0.2) is 36.1 Å². The molecule has 0 radical (unpaired) electrons. The van der Waals surface area contributed by atoms with E-state index in [0.29, 0.717) is 0 Å². The lowest BCUT2D eigenvalue weighted by atomic mass is 10.2. The predicted molar refractivity (Wildman–Crippen MR) is 54.5 cm³/mol. The van der Waals surface area contributed by atoms with Crippen LogP contribution in [0.1, 0.15) is 11.5 Å². The van der Waals surface area contributed by atoms with E-state index in [1.807, 2.05) is 13.0 Å². The molecule has 1 aromatic rings. The standard InChI is InChI=1S/C10H11N3/c1-4-9(7-11-3)10-5-6-12-8(2)13-10/h4-7H,1,3H2,2H3/b9-7+. The molecule has 0 saturated carbocycles. The molecule has 1 rings (SSSR count). The van der Waals surface area contributed by atoms with Gasteiger partial charge in [-0.3, -0.25) is 4.99 Å². The van der Waals surface area contributed by atoms with Crippen molar-refractivity contribution in [3.63, 3.8) is 0 Å². The fraction of sp³-hybridized carbons (Fsp3) is 0.100. The minimum absolute atomic E-state index is 0.731. The van der Waals surface area contributed by atoms with Crippen molar-refractivity contribution in [3.05, 3.63) is 42.6 Å². The summed E-state index contributed by atoms with van der Waals surface area (Å²) in [6.07, 6.45) is 5.02. The lowest BCUT2D eigenvalue weighted by Crippen LogP contribution is -1.91. The van der Waals surface area contributed by atoms with E-state index in [4.69, 9.17) is 0 Å². The zero-order valence-corrected chi connectivity index (χ0v) is 7.57. The van der Waals surface area contributed by atoms with Gasteiger partial charge >= 0.3 is 0 Å². The largest absolute Gasteiger partial charge is 0.272 e. The summed E-state index contributed by atoms with van der Waals surface area (Å²) in [5.74, 6) is 0.731. The Kier molecular flexibility index (Phi) is 3.09. The van der Waals surface area contributed by atoms with E-state index in [0.717, 1.165) is 17.1 Å². The van der Waals surface area contributed by atoms with Gasteiger partial charge in [-0.05, 0) is 19.7 Å². The van der Waals surface area contributed by atoms with Crippen LogP contribution >= 0.6 is 0 Å². The normalized spacial score (nSPS) is 11.0. The highest BCUT2D eigenvalue weighted by atomic mass is 14.9. The number of aryl methyl sites for hydroxylation is 1. The van der Waals surface area contributed by atoms with Gasteiger partial charge in [0.25, 0.3) is 0 Å². The summed E-state index contributed by atoms with van der Waals surface area (Å²) in [7, 11) is 0. The second kappa shape index (κ2) is 4.30. The van der Waals surface area contributed by atoms with Gasteiger partial charge in [0.1, 0.15) is 5.82 Å². The molecule has 0 atom stereocenters. The molecule has 0 bridgehead atoms. The van der Waals surface area contributed by atoms with Crippen molar-refractivity contribution in [2.75, 3.05) is 0 Å². The second-order valence-electron chi connectivity index (χ2n) is 2.46. The highest BCUT2D eigenvalue weighted by molar-refractivity contribution is 5.71. The molecule has 0 aliphatic heterocycles. The minimum Gasteiger partial charge on any atom is -0.272 e. The average Bonchev–Trinajstić information content (AvgIpc) is 2.14. The van der Waals surface area contributed by atoms with Gasteiger partial charge in [-0.2, -0.15) is 0 Å². The Labute approximate surface area is 77.6 Å². The molecular formula is C10H11N3. The molecular weight excluding hydrogens is 162 g/mol. The SMILES string of the molecule is C=C/C(=C\N=C)c1ccnc(C)n1. The van der Waals surface area contributed by atoms with Crippen molar-refractivity contribution in [2.24, 2.45) is 4.99 Å². The molecule has 0 amide bonds. The van der Waals surface area contributed by atoms with Crippen molar-refractivity contribution >= 4 is 12.3 Å². The smallest absolute Gasteiger partial charge is 0.125 e. The predicted octanol–water partition coefficient (Wildman–Crippen LogP) is 2.01. The molecule has 0 aliphatic rings. The number of rotatable bonds is 3. The Morgan fingerprint density at radius 1 is 1.62 bits per heavy atom. The van der Waals surface area contributed by atoms with Crippen molar-refractivity contribution < 1.29 is 0 Å². The van der Waals surface area contributed by atoms with Crippen LogP contribution in [-0.4, -0.2) is 16.7 Å². The first-order valence-corrected chi connectivity index (χ1v) is 3.86. The maximum atomic E-state index is 4.22. The Morgan fingerprint density at radius 3 is 2.92 bits per heavy atom. The van der Waals surface area contributed by atoms with E-state index >= 15 is 0 Å². The number of hydrogen-bond donors (Lipinski definition) is 0. The Balaban J connectivity index is 3.12. The summed E-state index contributed by atoms with van der Waals surface area (Å²) in [4.78, 5) is 11.9. The molecule has 13 heavy (non-hydrogen) atoms. The Morgan fingerprint density at radius 2 is 2.38 bits per heavy atom. The van der Waals surface area contributed by atoms with Crippen LogP contribution in [0.2, 0.25) is 0 Å². The Bertz CT molecular complexity index is 353. The lowest BCUT2D eigenvalue weighted by molar-refractivity contribution is 1.04. The molecule has 0 saturated heterocycles. The van der Waals surface area contributed by atoms with Gasteiger partial charge < -0.3 is 0 Å². The molecule has 0 aromatic carbocycles. The van der Waals surface area contributed by atoms with E-state index in [-0.39, 0.29) is 0 Å². The number of allylic oxidation sites excluding steroid dienone is 2. The minimum atomic E-state index is 0.731. The monoisotopic (exact) mass is 173 g/mol. The van der Waals surface area contributed by atoms with Crippen LogP contribution in [-0.2, 0) is 0 Å². The number of aliphatic imine (C=N–C) groups is 1. The van der Waals surface area contributed by atoms with E-state index in [2.05, 4.69) is 28.3 Å². The van der Waals surface area contributed by atoms with Crippen molar-refractivity contribution in [3.8, 4) is 0 Å². The summed E-state index contributed by atoms with van der Waals surface area (Å²) >= 11 is 0. The summed E-state index contributed by atoms with van der Waals surface area (Å²) in [6, 6.07) is 1.81. The fourth-order valence-corrected chi connectivity index (χ4v) is 0.939. The third-order valence-electron chi connectivity index (χ3n) is 1.52. The first kappa shape index (κ1) is 9.32. The first-order chi connectivity index (χ1) is 6.27. The van der Waals surface area contributed by atoms with Crippen LogP contribution in [0.25, 0.3) is 5.57 Å². The van der Waals surface area contributed by atoms with E-state index in [1.54, 1.807) is 18.5 Å². The van der Waals surface area contributed by atoms with Gasteiger partial charge in [-0.15, -0.1) is 0 Å². The van der Waals surface area contributed by atoms with Gasteiger partial charge in [0.2, 0.25) is 0 Å². The highest BCUT2D eigenvalue weighted by Gasteiger charge is 1.98. The summed E-state index contributed by atoms with van der Waals surface area (Å²) in [6.45, 7) is 8.89. The second-order valence-corrected chi connectivity index (χ2v) is 2.46. The van der Waals surface area contributed by atoms with Gasteiger partial charge in [0, 0.05) is 18.0 Å². The van der Waals surface area contributed by atoms with Crippen LogP contribution < -0.4 is 0 Å². The zero-order valence-electron chi connectivity index (χ0n) is 7.57. The van der Waals surface area contributed by atoms with E-state index < -0.39 is 0 Å². The molecule has 3 nitrogen and oxygen atoms in total. The topological polar surface area (TPSA) is 38.1 Å². The Hall–Kier alpha value is -1.77. The molecule has 0 fully saturated rings. The summed E-state index contributed by atoms with van der Waals surface area (Å²) in [5, 5.41) is 0. The zero-order chi connectivity index (χ0) is 9.68. The molecule has 1 heterocycles. The lowest BCUT2D eigenvalue weighted by Gasteiger charge is -1.99. The summed E-state index contributed by atoms with van der Waals surface area (Å²) < 4.78 is 0. The maximum absolute atomic E-state index is 4.22. The van der Waals surface area contributed by atoms with Crippen LogP contribution in [0.3, 0.4) is 0 Å². The van der Waals surface area contributed by atoms with Crippen molar-refractivity contribution in [1.29, 1.82) is 0 Å². The van der Waals surface area contributed by atoms with Crippen LogP contribution in [0.4, 0.5) is 0 Å². The third kappa shape index (κ3) is 2.33. The van der Waals surface area contributed by atoms with Gasteiger partial charge in [-0.1, -0.05) is 12.7 Å². The van der Waals surface area contributed by atoms with Gasteiger partial charge in [-0.25, -0.2) is 9.97 Å². The average molecular weight is 173 g/mol. The quantitative estimate of drug-likeness (QED) is 0.518. The number of hydrogen-bond acceptors (Lipinski definition) is 3. The van der Waals surface area contributed by atoms with Gasteiger partial charge in [0.15, 0.2) is 0 Å². The molecule has 1 aromatic heterocycles. The first-order valence-electron chi connectivity index (χ1n) is 3.86. The highest BCUT2D eigenvalue weighted by Crippen LogP contribution is 2.11. The van der Waals surface area contributed by atoms with Crippen molar-refractivity contribution in [1.82, 2.24) is 9.97 Å².